The molecule has 1 aromatic heterocycles. The number of nitrogens with two attached hydrogens (primary N) is 1. The summed E-state index contributed by atoms with van der Waals surface area (Å²) in [6, 6.07) is 6.09. The zero-order valence-corrected chi connectivity index (χ0v) is 15.4. The van der Waals surface area contributed by atoms with Gasteiger partial charge in [-0.3, -0.25) is 4.79 Å². The van der Waals surface area contributed by atoms with Crippen molar-refractivity contribution in [3.63, 3.8) is 0 Å². The average molecular weight is 421 g/mol. The van der Waals surface area contributed by atoms with Crippen molar-refractivity contribution in [1.29, 1.82) is 5.26 Å². The van der Waals surface area contributed by atoms with Gasteiger partial charge in [0.25, 0.3) is 5.91 Å². The number of nitrogen functional groups attached to an aromatic ring is 1. The van der Waals surface area contributed by atoms with Crippen LogP contribution in [-0.4, -0.2) is 29.3 Å². The molecular formula is C18H14F3N5O4. The van der Waals surface area contributed by atoms with Crippen LogP contribution in [0.25, 0.3) is 0 Å². The SMILES string of the molecule is CC[C@H]1NC(=O)N(c2ccc(Oc3ccc(C#N)c(OC(F)(F)F)c3)nc2N)C1=O. The molecule has 3 amide bonds. The molecule has 1 aromatic carbocycles. The van der Waals surface area contributed by atoms with Gasteiger partial charge in [0.1, 0.15) is 17.9 Å². The second-order valence-corrected chi connectivity index (χ2v) is 6.06. The lowest BCUT2D eigenvalue weighted by atomic mass is 10.2. The third-order valence-corrected chi connectivity index (χ3v) is 4.07. The van der Waals surface area contributed by atoms with Gasteiger partial charge in [-0.15, -0.1) is 13.2 Å². The first kappa shape index (κ1) is 20.7. The zero-order valence-electron chi connectivity index (χ0n) is 15.4. The molecule has 1 aliphatic heterocycles. The number of aromatic nitrogens is 1. The summed E-state index contributed by atoms with van der Waals surface area (Å²) < 4.78 is 46.7. The maximum Gasteiger partial charge on any atom is 0.573 e. The molecule has 156 valence electrons. The predicted molar refractivity (Wildman–Crippen MR) is 96.7 cm³/mol. The number of nitrogens with one attached hydrogen (secondary N) is 1. The highest BCUT2D eigenvalue weighted by Crippen LogP contribution is 2.33. The molecule has 0 unspecified atom stereocenters. The van der Waals surface area contributed by atoms with E-state index in [1.807, 2.05) is 0 Å². The number of benzene rings is 1. The van der Waals surface area contributed by atoms with Gasteiger partial charge in [-0.05, 0) is 24.6 Å². The molecular weight excluding hydrogens is 407 g/mol. The number of hydrogen-bond donors (Lipinski definition) is 2. The Morgan fingerprint density at radius 2 is 2.03 bits per heavy atom. The molecule has 3 N–H and O–H groups in total. The van der Waals surface area contributed by atoms with Crippen LogP contribution in [0.1, 0.15) is 18.9 Å². The van der Waals surface area contributed by atoms with Crippen LogP contribution in [0, 0.1) is 11.3 Å². The molecule has 3 rings (SSSR count). The minimum absolute atomic E-state index is 0.0433. The lowest BCUT2D eigenvalue weighted by Crippen LogP contribution is -2.32. The summed E-state index contributed by atoms with van der Waals surface area (Å²) in [5.74, 6) is -1.64. The number of anilines is 2. The third-order valence-electron chi connectivity index (χ3n) is 4.07. The zero-order chi connectivity index (χ0) is 22.1. The van der Waals surface area contributed by atoms with Crippen LogP contribution < -0.4 is 25.4 Å². The Hall–Kier alpha value is -4.01. The number of amides is 3. The van der Waals surface area contributed by atoms with E-state index in [4.69, 9.17) is 15.7 Å². The van der Waals surface area contributed by atoms with Gasteiger partial charge >= 0.3 is 12.4 Å². The quantitative estimate of drug-likeness (QED) is 0.710. The van der Waals surface area contributed by atoms with Crippen LogP contribution in [0.2, 0.25) is 0 Å². The summed E-state index contributed by atoms with van der Waals surface area (Å²) in [7, 11) is 0. The van der Waals surface area contributed by atoms with Crippen LogP contribution in [0.4, 0.5) is 29.5 Å². The fourth-order valence-corrected chi connectivity index (χ4v) is 2.72. The van der Waals surface area contributed by atoms with Gasteiger partial charge in [0, 0.05) is 12.1 Å². The molecule has 0 aliphatic carbocycles. The highest BCUT2D eigenvalue weighted by atomic mass is 19.4. The van der Waals surface area contributed by atoms with Crippen LogP contribution >= 0.6 is 0 Å². The Labute approximate surface area is 167 Å². The molecule has 2 heterocycles. The standard InChI is InChI=1S/C18H14F3N5O4/c1-2-11-16(27)26(17(28)24-11)12-5-6-14(25-15(12)23)29-10-4-3-9(8-22)13(7-10)30-18(19,20)21/h3-7,11H,2H2,1H3,(H2,23,25)(H,24,28)/t11-/m1/s1. The first-order chi connectivity index (χ1) is 14.1. The van der Waals surface area contributed by atoms with Gasteiger partial charge < -0.3 is 20.5 Å². The Morgan fingerprint density at radius 1 is 1.30 bits per heavy atom. The number of alkyl halides is 3. The van der Waals surface area contributed by atoms with Crippen molar-refractivity contribution in [3.05, 3.63) is 35.9 Å². The second kappa shape index (κ2) is 7.78. The van der Waals surface area contributed by atoms with E-state index in [1.165, 1.54) is 18.2 Å². The Morgan fingerprint density at radius 3 is 2.60 bits per heavy atom. The number of halogens is 3. The molecule has 9 nitrogen and oxygen atoms in total. The second-order valence-electron chi connectivity index (χ2n) is 6.06. The van der Waals surface area contributed by atoms with Gasteiger partial charge in [0.2, 0.25) is 5.88 Å². The van der Waals surface area contributed by atoms with Crippen LogP contribution in [0.5, 0.6) is 17.4 Å². The van der Waals surface area contributed by atoms with Crippen molar-refractivity contribution in [2.24, 2.45) is 0 Å². The Kier molecular flexibility index (Phi) is 5.37. The topological polar surface area (TPSA) is 131 Å². The molecule has 1 atom stereocenters. The minimum atomic E-state index is -4.99. The molecule has 1 aliphatic rings. The normalized spacial score (nSPS) is 16.2. The highest BCUT2D eigenvalue weighted by Gasteiger charge is 2.39. The van der Waals surface area contributed by atoms with Gasteiger partial charge in [-0.2, -0.15) is 10.2 Å². The average Bonchev–Trinajstić information content (AvgIpc) is 2.95. The fourth-order valence-electron chi connectivity index (χ4n) is 2.72. The van der Waals surface area contributed by atoms with Crippen molar-refractivity contribution in [3.8, 4) is 23.4 Å². The molecule has 1 saturated heterocycles. The van der Waals surface area contributed by atoms with E-state index in [-0.39, 0.29) is 28.7 Å². The summed E-state index contributed by atoms with van der Waals surface area (Å²) in [5.41, 5.74) is 5.55. The van der Waals surface area contributed by atoms with Crippen molar-refractivity contribution in [2.45, 2.75) is 25.7 Å². The van der Waals surface area contributed by atoms with Gasteiger partial charge in [-0.1, -0.05) is 6.92 Å². The molecule has 30 heavy (non-hydrogen) atoms. The van der Waals surface area contributed by atoms with Crippen molar-refractivity contribution >= 4 is 23.4 Å². The van der Waals surface area contributed by atoms with E-state index in [1.54, 1.807) is 13.0 Å². The summed E-state index contributed by atoms with van der Waals surface area (Å²) in [6.45, 7) is 1.74. The Bertz CT molecular complexity index is 1050. The summed E-state index contributed by atoms with van der Waals surface area (Å²) in [4.78, 5) is 29.1. The number of nitriles is 1. The lowest BCUT2D eigenvalue weighted by Gasteiger charge is -2.16. The van der Waals surface area contributed by atoms with E-state index in [9.17, 15) is 22.8 Å². The Balaban J connectivity index is 1.85. The monoisotopic (exact) mass is 421 g/mol. The number of nitrogens with zero attached hydrogens (tertiary/aromatic N) is 3. The number of ether oxygens (including phenoxy) is 2. The van der Waals surface area contributed by atoms with E-state index in [0.717, 1.165) is 17.0 Å². The van der Waals surface area contributed by atoms with Crippen LogP contribution in [0.3, 0.4) is 0 Å². The largest absolute Gasteiger partial charge is 0.573 e. The highest BCUT2D eigenvalue weighted by molar-refractivity contribution is 6.22. The summed E-state index contributed by atoms with van der Waals surface area (Å²) in [5, 5.41) is 11.4. The smallest absolute Gasteiger partial charge is 0.439 e. The number of imide groups is 1. The van der Waals surface area contributed by atoms with Crippen LogP contribution in [-0.2, 0) is 4.79 Å². The maximum atomic E-state index is 12.5. The van der Waals surface area contributed by atoms with Crippen molar-refractivity contribution in [2.75, 3.05) is 10.6 Å². The molecule has 1 fully saturated rings. The minimum Gasteiger partial charge on any atom is -0.439 e. The number of hydrogen-bond acceptors (Lipinski definition) is 7. The molecule has 12 heteroatoms. The third kappa shape index (κ3) is 4.19. The first-order valence-corrected chi connectivity index (χ1v) is 8.51. The van der Waals surface area contributed by atoms with Crippen molar-refractivity contribution < 1.29 is 32.2 Å². The van der Waals surface area contributed by atoms with E-state index in [2.05, 4.69) is 15.0 Å². The van der Waals surface area contributed by atoms with Gasteiger partial charge in [-0.25, -0.2) is 9.69 Å². The van der Waals surface area contributed by atoms with Gasteiger partial charge in [0.15, 0.2) is 11.6 Å². The summed E-state index contributed by atoms with van der Waals surface area (Å²) >= 11 is 0. The number of urea groups is 1. The molecule has 0 bridgehead atoms. The first-order valence-electron chi connectivity index (χ1n) is 8.51. The fraction of sp³-hybridized carbons (Fsp3) is 0.222. The van der Waals surface area contributed by atoms with E-state index >= 15 is 0 Å². The number of rotatable bonds is 5. The van der Waals surface area contributed by atoms with E-state index in [0.29, 0.717) is 6.42 Å². The molecule has 0 radical (unpaired) electrons. The number of carbonyl (C=O) groups excluding carboxylic acids is 2. The molecule has 0 spiro atoms. The number of pyridine rings is 1. The maximum absolute atomic E-state index is 12.5. The van der Waals surface area contributed by atoms with Crippen LogP contribution in [0.15, 0.2) is 30.3 Å². The summed E-state index contributed by atoms with van der Waals surface area (Å²) in [6.07, 6.45) is -4.59. The predicted octanol–water partition coefficient (Wildman–Crippen LogP) is 3.06. The lowest BCUT2D eigenvalue weighted by molar-refractivity contribution is -0.274. The van der Waals surface area contributed by atoms with E-state index < -0.39 is 30.1 Å². The number of carbonyl (C=O) groups is 2. The van der Waals surface area contributed by atoms with Gasteiger partial charge in [0.05, 0.1) is 11.3 Å². The molecule has 0 saturated carbocycles. The van der Waals surface area contributed by atoms with Crippen molar-refractivity contribution in [1.82, 2.24) is 10.3 Å². The molecule has 2 aromatic rings.